The molecule has 1 N–H and O–H groups in total. The Labute approximate surface area is 252 Å². The molecule has 0 bridgehead atoms. The van der Waals surface area contributed by atoms with E-state index < -0.39 is 68.0 Å². The SMILES string of the molecule is CC(C)(C)OC(=O)N[C@@H]([C@H](O[Si](C)(C)C(C)(C)C)[C@H]1COC(C)(C)O1)[C@@H]1OC(C)(C)O[C@@H]1COC(=O)c1ccccc1. The zero-order valence-electron chi connectivity index (χ0n) is 27.4. The number of alkyl carbamates (subject to hydrolysis) is 1. The Bertz CT molecular complexity index is 1080. The molecule has 10 nitrogen and oxygen atoms in total. The van der Waals surface area contributed by atoms with Crippen LogP contribution in [0.4, 0.5) is 4.79 Å². The third-order valence-corrected chi connectivity index (χ3v) is 12.1. The number of nitrogens with one attached hydrogen (secondary N) is 1. The maximum absolute atomic E-state index is 13.3. The Morgan fingerprint density at radius 2 is 1.60 bits per heavy atom. The first-order chi connectivity index (χ1) is 19.1. The summed E-state index contributed by atoms with van der Waals surface area (Å²) >= 11 is 0. The molecule has 0 spiro atoms. The molecule has 0 aliphatic carbocycles. The van der Waals surface area contributed by atoms with Gasteiger partial charge in [0.2, 0.25) is 0 Å². The summed E-state index contributed by atoms with van der Waals surface area (Å²) in [4.78, 5) is 26.1. The van der Waals surface area contributed by atoms with Gasteiger partial charge < -0.3 is 38.2 Å². The summed E-state index contributed by atoms with van der Waals surface area (Å²) in [5.74, 6) is -2.36. The number of hydrogen-bond donors (Lipinski definition) is 1. The monoisotopic (exact) mass is 609 g/mol. The van der Waals surface area contributed by atoms with Crippen molar-refractivity contribution in [1.82, 2.24) is 5.32 Å². The molecule has 238 valence electrons. The van der Waals surface area contributed by atoms with Crippen molar-refractivity contribution in [2.24, 2.45) is 0 Å². The van der Waals surface area contributed by atoms with Crippen molar-refractivity contribution in [2.45, 2.75) is 135 Å². The number of amides is 1. The van der Waals surface area contributed by atoms with Crippen molar-refractivity contribution in [3.8, 4) is 0 Å². The molecule has 0 saturated carbocycles. The molecule has 2 heterocycles. The first kappa shape index (κ1) is 34.5. The van der Waals surface area contributed by atoms with Gasteiger partial charge in [0.25, 0.3) is 0 Å². The van der Waals surface area contributed by atoms with Crippen LogP contribution in [0.25, 0.3) is 0 Å². The molecule has 2 fully saturated rings. The molecule has 2 aliphatic rings. The van der Waals surface area contributed by atoms with Crippen LogP contribution in [-0.4, -0.2) is 81.2 Å². The molecule has 11 heteroatoms. The fourth-order valence-electron chi connectivity index (χ4n) is 4.68. The molecule has 3 rings (SSSR count). The topological polar surface area (TPSA) is 111 Å². The summed E-state index contributed by atoms with van der Waals surface area (Å²) in [7, 11) is -2.44. The van der Waals surface area contributed by atoms with Crippen LogP contribution in [0, 0.1) is 0 Å². The van der Waals surface area contributed by atoms with Gasteiger partial charge in [0, 0.05) is 0 Å². The molecule has 0 radical (unpaired) electrons. The van der Waals surface area contributed by atoms with E-state index in [-0.39, 0.29) is 18.3 Å². The smallest absolute Gasteiger partial charge is 0.408 e. The lowest BCUT2D eigenvalue weighted by molar-refractivity contribution is -0.164. The molecule has 1 amide bonds. The van der Waals surface area contributed by atoms with Crippen LogP contribution in [0.5, 0.6) is 0 Å². The maximum Gasteiger partial charge on any atom is 0.408 e. The van der Waals surface area contributed by atoms with Crippen LogP contribution >= 0.6 is 0 Å². The lowest BCUT2D eigenvalue weighted by Gasteiger charge is -2.44. The standard InChI is InChI=1S/C31H51NO9Si/c1-28(2,3)40-27(34)32-23(25(22-19-36-30(7,8)37-22)41-42(11,12)29(4,5)6)24-21(38-31(9,10)39-24)18-35-26(33)20-16-14-13-15-17-20/h13-17,21-25H,18-19H2,1-12H3,(H,32,34)/t21-,22-,23-,24-,25-/m1/s1. The number of ether oxygens (including phenoxy) is 6. The van der Waals surface area contributed by atoms with E-state index in [9.17, 15) is 9.59 Å². The number of carbonyl (C=O) groups excluding carboxylic acids is 2. The number of carbonyl (C=O) groups is 2. The molecule has 2 saturated heterocycles. The summed E-state index contributed by atoms with van der Waals surface area (Å²) in [5.41, 5.74) is -0.315. The summed E-state index contributed by atoms with van der Waals surface area (Å²) in [5, 5.41) is 2.89. The van der Waals surface area contributed by atoms with Gasteiger partial charge >= 0.3 is 12.1 Å². The van der Waals surface area contributed by atoms with Gasteiger partial charge in [-0.15, -0.1) is 0 Å². The molecule has 1 aromatic rings. The first-order valence-corrected chi connectivity index (χ1v) is 17.6. The van der Waals surface area contributed by atoms with Crippen molar-refractivity contribution in [3.05, 3.63) is 35.9 Å². The van der Waals surface area contributed by atoms with Gasteiger partial charge in [0.1, 0.15) is 30.5 Å². The molecule has 5 atom stereocenters. The zero-order chi connectivity index (χ0) is 31.7. The fourth-order valence-corrected chi connectivity index (χ4v) is 6.01. The van der Waals surface area contributed by atoms with Crippen molar-refractivity contribution >= 4 is 20.4 Å². The van der Waals surface area contributed by atoms with Gasteiger partial charge in [0.05, 0.1) is 24.3 Å². The van der Waals surface area contributed by atoms with E-state index in [1.807, 2.05) is 19.9 Å². The van der Waals surface area contributed by atoms with Crippen LogP contribution in [0.15, 0.2) is 30.3 Å². The van der Waals surface area contributed by atoms with Crippen LogP contribution in [0.1, 0.15) is 79.6 Å². The zero-order valence-corrected chi connectivity index (χ0v) is 28.4. The van der Waals surface area contributed by atoms with Crippen molar-refractivity contribution in [3.63, 3.8) is 0 Å². The third kappa shape index (κ3) is 9.24. The summed E-state index contributed by atoms with van der Waals surface area (Å²) in [6.07, 6.45) is -3.38. The maximum atomic E-state index is 13.3. The number of benzene rings is 1. The minimum absolute atomic E-state index is 0.103. The largest absolute Gasteiger partial charge is 0.459 e. The predicted octanol–water partition coefficient (Wildman–Crippen LogP) is 5.80. The Hall–Kier alpha value is -2.02. The van der Waals surface area contributed by atoms with Crippen molar-refractivity contribution < 1.29 is 42.4 Å². The van der Waals surface area contributed by atoms with Crippen LogP contribution in [0.2, 0.25) is 18.1 Å². The Morgan fingerprint density at radius 3 is 2.12 bits per heavy atom. The lowest BCUT2D eigenvalue weighted by Crippen LogP contribution is -2.62. The minimum atomic E-state index is -2.44. The second kappa shape index (κ2) is 12.5. The van der Waals surface area contributed by atoms with E-state index in [0.717, 1.165) is 0 Å². The lowest BCUT2D eigenvalue weighted by atomic mass is 9.96. The Kier molecular flexibility index (Phi) is 10.3. The van der Waals surface area contributed by atoms with E-state index in [1.165, 1.54) is 0 Å². The summed E-state index contributed by atoms with van der Waals surface area (Å²) in [6.45, 7) is 23.5. The van der Waals surface area contributed by atoms with Gasteiger partial charge in [-0.2, -0.15) is 0 Å². The minimum Gasteiger partial charge on any atom is -0.459 e. The third-order valence-electron chi connectivity index (χ3n) is 7.63. The molecule has 42 heavy (non-hydrogen) atoms. The Morgan fingerprint density at radius 1 is 0.976 bits per heavy atom. The predicted molar refractivity (Wildman–Crippen MR) is 161 cm³/mol. The van der Waals surface area contributed by atoms with Crippen LogP contribution in [0.3, 0.4) is 0 Å². The van der Waals surface area contributed by atoms with E-state index in [4.69, 9.17) is 32.8 Å². The van der Waals surface area contributed by atoms with E-state index >= 15 is 0 Å². The fraction of sp³-hybridized carbons (Fsp3) is 0.742. The second-order valence-corrected chi connectivity index (χ2v) is 19.2. The van der Waals surface area contributed by atoms with Gasteiger partial charge in [-0.1, -0.05) is 39.0 Å². The van der Waals surface area contributed by atoms with Gasteiger partial charge in [-0.3, -0.25) is 0 Å². The highest BCUT2D eigenvalue weighted by molar-refractivity contribution is 6.74. The molecule has 2 aliphatic heterocycles. The highest BCUT2D eigenvalue weighted by atomic mass is 28.4. The highest BCUT2D eigenvalue weighted by Crippen LogP contribution is 2.41. The molecule has 0 aromatic heterocycles. The quantitative estimate of drug-likeness (QED) is 0.274. The summed E-state index contributed by atoms with van der Waals surface area (Å²) in [6, 6.07) is 7.93. The second-order valence-electron chi connectivity index (χ2n) is 14.5. The number of hydrogen-bond acceptors (Lipinski definition) is 9. The normalized spacial score (nSPS) is 25.5. The van der Waals surface area contributed by atoms with Crippen molar-refractivity contribution in [1.29, 1.82) is 0 Å². The average molecular weight is 610 g/mol. The molecular formula is C31H51NO9Si. The summed E-state index contributed by atoms with van der Waals surface area (Å²) < 4.78 is 43.4. The van der Waals surface area contributed by atoms with Crippen LogP contribution in [-0.2, 0) is 32.8 Å². The van der Waals surface area contributed by atoms with E-state index in [0.29, 0.717) is 5.56 Å². The number of esters is 1. The van der Waals surface area contributed by atoms with Crippen LogP contribution < -0.4 is 5.32 Å². The number of rotatable bonds is 9. The van der Waals surface area contributed by atoms with Gasteiger partial charge in [0.15, 0.2) is 19.9 Å². The van der Waals surface area contributed by atoms with Crippen molar-refractivity contribution in [2.75, 3.05) is 13.2 Å². The molecule has 0 unspecified atom stereocenters. The first-order valence-electron chi connectivity index (χ1n) is 14.7. The highest BCUT2D eigenvalue weighted by Gasteiger charge is 2.54. The van der Waals surface area contributed by atoms with E-state index in [2.05, 4.69) is 39.2 Å². The average Bonchev–Trinajstić information content (AvgIpc) is 3.35. The van der Waals surface area contributed by atoms with Gasteiger partial charge in [-0.05, 0) is 78.7 Å². The Balaban J connectivity index is 2.01. The van der Waals surface area contributed by atoms with E-state index in [1.54, 1.807) is 58.9 Å². The molecular weight excluding hydrogens is 558 g/mol. The molecule has 1 aromatic carbocycles. The van der Waals surface area contributed by atoms with Gasteiger partial charge in [-0.25, -0.2) is 9.59 Å².